The van der Waals surface area contributed by atoms with E-state index < -0.39 is 0 Å². The summed E-state index contributed by atoms with van der Waals surface area (Å²) in [7, 11) is 0. The molecule has 24 heavy (non-hydrogen) atoms. The first-order chi connectivity index (χ1) is 11.8. The zero-order valence-corrected chi connectivity index (χ0v) is 14.6. The number of anilines is 1. The molecule has 0 saturated carbocycles. The van der Waals surface area contributed by atoms with Crippen LogP contribution in [0.4, 0.5) is 5.82 Å². The molecule has 0 radical (unpaired) electrons. The van der Waals surface area contributed by atoms with E-state index >= 15 is 0 Å². The van der Waals surface area contributed by atoms with Crippen molar-refractivity contribution in [3.63, 3.8) is 0 Å². The second-order valence-corrected chi connectivity index (χ2v) is 6.90. The van der Waals surface area contributed by atoms with Gasteiger partial charge < -0.3 is 10.6 Å². The average Bonchev–Trinajstić information content (AvgIpc) is 2.95. The smallest absolute Gasteiger partial charge is 0.168 e. The first-order valence-corrected chi connectivity index (χ1v) is 9.18. The topological polar surface area (TPSA) is 65.2 Å². The van der Waals surface area contributed by atoms with Crippen LogP contribution in [0.5, 0.6) is 0 Å². The van der Waals surface area contributed by atoms with E-state index in [9.17, 15) is 5.26 Å². The van der Waals surface area contributed by atoms with Gasteiger partial charge in [0.15, 0.2) is 11.5 Å². The Labute approximate surface area is 148 Å². The van der Waals surface area contributed by atoms with Gasteiger partial charge in [-0.1, -0.05) is 30.9 Å². The molecule has 1 aliphatic rings. The average molecular weight is 346 g/mol. The molecule has 128 valence electrons. The second-order valence-electron chi connectivity index (χ2n) is 6.46. The molecule has 2 N–H and O–H groups in total. The van der Waals surface area contributed by atoms with Gasteiger partial charge in [-0.2, -0.15) is 5.26 Å². The molecule has 0 bridgehead atoms. The number of halogens is 1. The quantitative estimate of drug-likeness (QED) is 0.748. The summed E-state index contributed by atoms with van der Waals surface area (Å²) in [5, 5.41) is 16.7. The number of aromatic nitrogens is 2. The summed E-state index contributed by atoms with van der Waals surface area (Å²) < 4.78 is 1.77. The first kappa shape index (κ1) is 17.1. The molecule has 0 aromatic carbocycles. The molecular weight excluding hydrogens is 322 g/mol. The Morgan fingerprint density at radius 1 is 1.33 bits per heavy atom. The highest BCUT2D eigenvalue weighted by Gasteiger charge is 2.13. The zero-order valence-electron chi connectivity index (χ0n) is 13.9. The Bertz CT molecular complexity index is 712. The molecule has 2 aromatic heterocycles. The van der Waals surface area contributed by atoms with Gasteiger partial charge in [-0.05, 0) is 44.3 Å². The number of hydrogen-bond acceptors (Lipinski definition) is 4. The van der Waals surface area contributed by atoms with Crippen LogP contribution in [0.15, 0.2) is 18.3 Å². The highest BCUT2D eigenvalue weighted by molar-refractivity contribution is 6.30. The number of fused-ring (bicyclic) bond motifs is 1. The van der Waals surface area contributed by atoms with E-state index in [1.165, 1.54) is 45.2 Å². The molecule has 0 atom stereocenters. The second kappa shape index (κ2) is 8.36. The normalized spacial score (nSPS) is 15.5. The third-order valence-corrected chi connectivity index (χ3v) is 4.97. The number of unbranched alkanes of at least 4 members (excludes halogenated alkanes) is 2. The fraction of sp³-hybridized carbons (Fsp3) is 0.556. The third-order valence-electron chi connectivity index (χ3n) is 4.73. The number of nitrogens with zero attached hydrogens (tertiary/aromatic N) is 3. The minimum atomic E-state index is 0.538. The van der Waals surface area contributed by atoms with Gasteiger partial charge in [-0.25, -0.2) is 4.98 Å². The molecule has 2 aromatic rings. The van der Waals surface area contributed by atoms with Crippen molar-refractivity contribution < 1.29 is 0 Å². The summed E-state index contributed by atoms with van der Waals surface area (Å²) in [6.07, 6.45) is 9.40. The summed E-state index contributed by atoms with van der Waals surface area (Å²) >= 11 is 5.99. The number of nitriles is 1. The Kier molecular flexibility index (Phi) is 5.95. The van der Waals surface area contributed by atoms with Crippen LogP contribution in [0.1, 0.15) is 44.2 Å². The maximum Gasteiger partial charge on any atom is 0.168 e. The summed E-state index contributed by atoms with van der Waals surface area (Å²) in [5.74, 6) is 1.56. The molecule has 3 rings (SSSR count). The van der Waals surface area contributed by atoms with Crippen molar-refractivity contribution in [3.8, 4) is 6.07 Å². The van der Waals surface area contributed by atoms with Crippen LogP contribution in [0.3, 0.4) is 0 Å². The summed E-state index contributed by atoms with van der Waals surface area (Å²) in [4.78, 5) is 4.47. The highest BCUT2D eigenvalue weighted by Crippen LogP contribution is 2.21. The summed E-state index contributed by atoms with van der Waals surface area (Å²) in [6.45, 7) is 3.21. The number of rotatable bonds is 7. The fourth-order valence-corrected chi connectivity index (χ4v) is 3.52. The Balaban J connectivity index is 1.45. The monoisotopic (exact) mass is 345 g/mol. The molecule has 1 fully saturated rings. The number of imidazole rings is 1. The van der Waals surface area contributed by atoms with Crippen LogP contribution >= 0.6 is 11.6 Å². The summed E-state index contributed by atoms with van der Waals surface area (Å²) in [5.41, 5.74) is 1.24. The van der Waals surface area contributed by atoms with Gasteiger partial charge in [0.25, 0.3) is 0 Å². The molecule has 0 spiro atoms. The number of hydrogen-bond donors (Lipinski definition) is 2. The minimum Gasteiger partial charge on any atom is -0.368 e. The fourth-order valence-electron chi connectivity index (χ4n) is 3.36. The van der Waals surface area contributed by atoms with Crippen molar-refractivity contribution >= 4 is 23.1 Å². The minimum absolute atomic E-state index is 0.538. The van der Waals surface area contributed by atoms with E-state index in [0.29, 0.717) is 22.2 Å². The van der Waals surface area contributed by atoms with Crippen LogP contribution < -0.4 is 10.6 Å². The van der Waals surface area contributed by atoms with Crippen LogP contribution in [-0.2, 0) is 0 Å². The van der Waals surface area contributed by atoms with Crippen LogP contribution in [0.2, 0.25) is 5.02 Å². The molecule has 0 amide bonds. The number of piperidine rings is 1. The van der Waals surface area contributed by atoms with E-state index in [4.69, 9.17) is 11.6 Å². The van der Waals surface area contributed by atoms with Crippen molar-refractivity contribution in [3.05, 3.63) is 29.0 Å². The third kappa shape index (κ3) is 4.19. The number of pyridine rings is 1. The predicted molar refractivity (Wildman–Crippen MR) is 97.5 cm³/mol. The lowest BCUT2D eigenvalue weighted by Crippen LogP contribution is -2.27. The first-order valence-electron chi connectivity index (χ1n) is 8.80. The molecular formula is C18H24ClN5. The molecule has 1 aliphatic heterocycles. The van der Waals surface area contributed by atoms with Crippen molar-refractivity contribution in [1.29, 1.82) is 5.26 Å². The molecule has 0 unspecified atom stereocenters. The van der Waals surface area contributed by atoms with Crippen LogP contribution in [-0.4, -0.2) is 29.0 Å². The van der Waals surface area contributed by atoms with Gasteiger partial charge in [-0.15, -0.1) is 0 Å². The number of nitrogens with one attached hydrogen (secondary N) is 2. The highest BCUT2D eigenvalue weighted by atomic mass is 35.5. The van der Waals surface area contributed by atoms with Gasteiger partial charge in [0.2, 0.25) is 0 Å². The molecule has 1 saturated heterocycles. The van der Waals surface area contributed by atoms with Gasteiger partial charge in [0, 0.05) is 23.8 Å². The van der Waals surface area contributed by atoms with Crippen LogP contribution in [0.25, 0.3) is 5.65 Å². The maximum absolute atomic E-state index is 9.37. The van der Waals surface area contributed by atoms with Gasteiger partial charge >= 0.3 is 0 Å². The SMILES string of the molecule is N#Cc1c(NCCCCCC2CCNCC2)nc2cc(Cl)ccn12. The maximum atomic E-state index is 9.37. The van der Waals surface area contributed by atoms with Gasteiger partial charge in [0.05, 0.1) is 0 Å². The Morgan fingerprint density at radius 2 is 2.17 bits per heavy atom. The molecule has 5 nitrogen and oxygen atoms in total. The van der Waals surface area contributed by atoms with Crippen molar-refractivity contribution in [2.75, 3.05) is 25.0 Å². The van der Waals surface area contributed by atoms with E-state index in [-0.39, 0.29) is 0 Å². The predicted octanol–water partition coefficient (Wildman–Crippen LogP) is 3.83. The van der Waals surface area contributed by atoms with Crippen LogP contribution in [0, 0.1) is 17.2 Å². The van der Waals surface area contributed by atoms with Crippen molar-refractivity contribution in [2.24, 2.45) is 5.92 Å². The van der Waals surface area contributed by atoms with E-state index in [0.717, 1.165) is 18.9 Å². The standard InChI is InChI=1S/C18H24ClN5/c19-15-7-11-24-16(13-20)18(23-17(24)12-15)22-8-3-1-2-4-14-5-9-21-10-6-14/h7,11-12,14,21-22H,1-6,8-10H2. The van der Waals surface area contributed by atoms with E-state index in [1.54, 1.807) is 22.7 Å². The van der Waals surface area contributed by atoms with Crippen molar-refractivity contribution in [2.45, 2.75) is 38.5 Å². The summed E-state index contributed by atoms with van der Waals surface area (Å²) in [6, 6.07) is 5.76. The molecule has 0 aliphatic carbocycles. The zero-order chi connectivity index (χ0) is 16.8. The Morgan fingerprint density at radius 3 is 2.96 bits per heavy atom. The Hall–Kier alpha value is -1.77. The van der Waals surface area contributed by atoms with Crippen molar-refractivity contribution in [1.82, 2.24) is 14.7 Å². The van der Waals surface area contributed by atoms with E-state index in [2.05, 4.69) is 21.7 Å². The van der Waals surface area contributed by atoms with Gasteiger partial charge in [-0.3, -0.25) is 4.40 Å². The largest absolute Gasteiger partial charge is 0.368 e. The molecule has 3 heterocycles. The van der Waals surface area contributed by atoms with E-state index in [1.807, 2.05) is 0 Å². The molecule has 6 heteroatoms. The lowest BCUT2D eigenvalue weighted by molar-refractivity contribution is 0.343. The lowest BCUT2D eigenvalue weighted by Gasteiger charge is -2.22. The van der Waals surface area contributed by atoms with Gasteiger partial charge in [0.1, 0.15) is 11.7 Å². The lowest BCUT2D eigenvalue weighted by atomic mass is 9.92.